The summed E-state index contributed by atoms with van der Waals surface area (Å²) in [6.07, 6.45) is 1.58. The van der Waals surface area contributed by atoms with Crippen molar-refractivity contribution in [1.29, 1.82) is 0 Å². The molecule has 1 aromatic heterocycles. The Bertz CT molecular complexity index is 580. The summed E-state index contributed by atoms with van der Waals surface area (Å²) in [4.78, 5) is 11.3. The minimum Gasteiger partial charge on any atom is -0.379 e. The van der Waals surface area contributed by atoms with Crippen LogP contribution in [-0.4, -0.2) is 10.2 Å². The SMILES string of the molecule is Cc1cccc(CNc2cn[nH]c(=O)c2Br)c1. The van der Waals surface area contributed by atoms with Gasteiger partial charge >= 0.3 is 0 Å². The Morgan fingerprint density at radius 3 is 3.06 bits per heavy atom. The van der Waals surface area contributed by atoms with Gasteiger partial charge in [-0.2, -0.15) is 5.10 Å². The highest BCUT2D eigenvalue weighted by Crippen LogP contribution is 2.16. The Labute approximate surface area is 107 Å². The molecular formula is C12H12BrN3O. The Balaban J connectivity index is 2.13. The first-order valence-electron chi connectivity index (χ1n) is 5.19. The van der Waals surface area contributed by atoms with Crippen LogP contribution in [0.5, 0.6) is 0 Å². The standard InChI is InChI=1S/C12H12BrN3O/c1-8-3-2-4-9(5-8)6-14-10-7-15-16-12(17)11(10)13/h2-5,7H,6H2,1H3,(H2,14,16,17). The summed E-state index contributed by atoms with van der Waals surface area (Å²) in [7, 11) is 0. The number of hydrogen-bond acceptors (Lipinski definition) is 3. The van der Waals surface area contributed by atoms with Crippen molar-refractivity contribution in [3.05, 3.63) is 56.4 Å². The third-order valence-electron chi connectivity index (χ3n) is 2.36. The van der Waals surface area contributed by atoms with E-state index in [1.807, 2.05) is 25.1 Å². The molecule has 0 bridgehead atoms. The van der Waals surface area contributed by atoms with E-state index in [-0.39, 0.29) is 5.56 Å². The molecule has 0 unspecified atom stereocenters. The van der Waals surface area contributed by atoms with Crippen molar-refractivity contribution >= 4 is 21.6 Å². The van der Waals surface area contributed by atoms with E-state index in [0.29, 0.717) is 16.7 Å². The molecule has 1 heterocycles. The van der Waals surface area contributed by atoms with Gasteiger partial charge in [-0.15, -0.1) is 0 Å². The van der Waals surface area contributed by atoms with Crippen LogP contribution in [0.2, 0.25) is 0 Å². The van der Waals surface area contributed by atoms with Gasteiger partial charge in [0.05, 0.1) is 11.9 Å². The minimum absolute atomic E-state index is 0.237. The van der Waals surface area contributed by atoms with E-state index in [9.17, 15) is 4.79 Å². The highest BCUT2D eigenvalue weighted by molar-refractivity contribution is 9.10. The summed E-state index contributed by atoms with van der Waals surface area (Å²) in [6, 6.07) is 8.20. The molecule has 2 aromatic rings. The molecule has 0 spiro atoms. The fraction of sp³-hybridized carbons (Fsp3) is 0.167. The highest BCUT2D eigenvalue weighted by Gasteiger charge is 2.03. The maximum atomic E-state index is 11.3. The van der Waals surface area contributed by atoms with Crippen molar-refractivity contribution < 1.29 is 0 Å². The number of halogens is 1. The zero-order chi connectivity index (χ0) is 12.3. The van der Waals surface area contributed by atoms with Crippen LogP contribution in [0.3, 0.4) is 0 Å². The molecule has 5 heteroatoms. The fourth-order valence-corrected chi connectivity index (χ4v) is 1.86. The molecule has 88 valence electrons. The number of aromatic nitrogens is 2. The predicted octanol–water partition coefficient (Wildman–Crippen LogP) is 2.45. The van der Waals surface area contributed by atoms with E-state index in [2.05, 4.69) is 37.5 Å². The maximum Gasteiger partial charge on any atom is 0.280 e. The normalized spacial score (nSPS) is 10.2. The van der Waals surface area contributed by atoms with E-state index >= 15 is 0 Å². The molecule has 1 aromatic carbocycles. The van der Waals surface area contributed by atoms with Crippen LogP contribution in [-0.2, 0) is 6.54 Å². The zero-order valence-corrected chi connectivity index (χ0v) is 10.9. The van der Waals surface area contributed by atoms with Crippen molar-refractivity contribution in [3.63, 3.8) is 0 Å². The van der Waals surface area contributed by atoms with Gasteiger partial charge in [-0.05, 0) is 28.4 Å². The van der Waals surface area contributed by atoms with E-state index in [4.69, 9.17) is 0 Å². The molecule has 17 heavy (non-hydrogen) atoms. The number of aryl methyl sites for hydroxylation is 1. The molecule has 4 nitrogen and oxygen atoms in total. The Kier molecular flexibility index (Phi) is 3.58. The van der Waals surface area contributed by atoms with Gasteiger partial charge in [0.1, 0.15) is 4.47 Å². The molecule has 0 aliphatic rings. The monoisotopic (exact) mass is 293 g/mol. The molecule has 0 saturated heterocycles. The smallest absolute Gasteiger partial charge is 0.280 e. The third-order valence-corrected chi connectivity index (χ3v) is 3.15. The van der Waals surface area contributed by atoms with Crippen LogP contribution in [0.15, 0.2) is 39.7 Å². The maximum absolute atomic E-state index is 11.3. The molecule has 0 radical (unpaired) electrons. The lowest BCUT2D eigenvalue weighted by Crippen LogP contribution is -2.12. The van der Waals surface area contributed by atoms with Crippen LogP contribution in [0.1, 0.15) is 11.1 Å². The van der Waals surface area contributed by atoms with Gasteiger partial charge in [-0.1, -0.05) is 29.8 Å². The number of aromatic amines is 1. The number of benzene rings is 1. The van der Waals surface area contributed by atoms with Gasteiger partial charge in [0.15, 0.2) is 0 Å². The van der Waals surface area contributed by atoms with Crippen LogP contribution in [0.4, 0.5) is 5.69 Å². The first-order valence-corrected chi connectivity index (χ1v) is 5.99. The van der Waals surface area contributed by atoms with Gasteiger partial charge in [-0.3, -0.25) is 4.79 Å². The second kappa shape index (κ2) is 5.14. The number of H-pyrrole nitrogens is 1. The summed E-state index contributed by atoms with van der Waals surface area (Å²) in [6.45, 7) is 2.71. The molecule has 0 aliphatic heterocycles. The van der Waals surface area contributed by atoms with E-state index in [1.165, 1.54) is 5.56 Å². The second-order valence-electron chi connectivity index (χ2n) is 3.77. The minimum atomic E-state index is -0.237. The number of anilines is 1. The first-order chi connectivity index (χ1) is 8.16. The topological polar surface area (TPSA) is 57.8 Å². The van der Waals surface area contributed by atoms with E-state index in [1.54, 1.807) is 6.20 Å². The summed E-state index contributed by atoms with van der Waals surface area (Å²) < 4.78 is 0.472. The van der Waals surface area contributed by atoms with Crippen molar-refractivity contribution in [1.82, 2.24) is 10.2 Å². The number of rotatable bonds is 3. The van der Waals surface area contributed by atoms with Crippen LogP contribution in [0, 0.1) is 6.92 Å². The number of nitrogens with one attached hydrogen (secondary N) is 2. The quantitative estimate of drug-likeness (QED) is 0.914. The number of hydrogen-bond donors (Lipinski definition) is 2. The molecule has 0 aliphatic carbocycles. The fourth-order valence-electron chi connectivity index (χ4n) is 1.53. The van der Waals surface area contributed by atoms with Crippen LogP contribution in [0.25, 0.3) is 0 Å². The van der Waals surface area contributed by atoms with Crippen molar-refractivity contribution in [2.24, 2.45) is 0 Å². The lowest BCUT2D eigenvalue weighted by Gasteiger charge is -2.07. The number of nitrogens with zero attached hydrogens (tertiary/aromatic N) is 1. The van der Waals surface area contributed by atoms with Gasteiger partial charge in [0.2, 0.25) is 0 Å². The molecule has 0 amide bonds. The molecule has 2 rings (SSSR count). The zero-order valence-electron chi connectivity index (χ0n) is 9.33. The highest BCUT2D eigenvalue weighted by atomic mass is 79.9. The lowest BCUT2D eigenvalue weighted by molar-refractivity contribution is 0.971. The summed E-state index contributed by atoms with van der Waals surface area (Å²) in [5, 5.41) is 9.27. The second-order valence-corrected chi connectivity index (χ2v) is 4.56. The lowest BCUT2D eigenvalue weighted by atomic mass is 10.1. The molecule has 2 N–H and O–H groups in total. The van der Waals surface area contributed by atoms with Gasteiger partial charge < -0.3 is 5.32 Å². The molecule has 0 saturated carbocycles. The van der Waals surface area contributed by atoms with E-state index < -0.39 is 0 Å². The van der Waals surface area contributed by atoms with Crippen molar-refractivity contribution in [3.8, 4) is 0 Å². The summed E-state index contributed by atoms with van der Waals surface area (Å²) in [5.74, 6) is 0. The molecular weight excluding hydrogens is 282 g/mol. The predicted molar refractivity (Wildman–Crippen MR) is 71.1 cm³/mol. The largest absolute Gasteiger partial charge is 0.379 e. The summed E-state index contributed by atoms with van der Waals surface area (Å²) >= 11 is 3.22. The molecule has 0 atom stereocenters. The van der Waals surface area contributed by atoms with Crippen molar-refractivity contribution in [2.75, 3.05) is 5.32 Å². The Morgan fingerprint density at radius 2 is 2.29 bits per heavy atom. The van der Waals surface area contributed by atoms with Gasteiger partial charge in [0, 0.05) is 6.54 Å². The Morgan fingerprint density at radius 1 is 1.47 bits per heavy atom. The Hall–Kier alpha value is -1.62. The first kappa shape index (κ1) is 11.9. The van der Waals surface area contributed by atoms with Crippen LogP contribution >= 0.6 is 15.9 Å². The van der Waals surface area contributed by atoms with E-state index in [0.717, 1.165) is 5.56 Å². The average Bonchev–Trinajstić information content (AvgIpc) is 2.31. The van der Waals surface area contributed by atoms with Crippen molar-refractivity contribution in [2.45, 2.75) is 13.5 Å². The average molecular weight is 294 g/mol. The third kappa shape index (κ3) is 2.94. The van der Waals surface area contributed by atoms with Gasteiger partial charge in [-0.25, -0.2) is 5.10 Å². The van der Waals surface area contributed by atoms with Gasteiger partial charge in [0.25, 0.3) is 5.56 Å². The molecule has 0 fully saturated rings. The van der Waals surface area contributed by atoms with Crippen LogP contribution < -0.4 is 10.9 Å². The summed E-state index contributed by atoms with van der Waals surface area (Å²) in [5.41, 5.74) is 2.83.